The molecule has 0 saturated heterocycles. The maximum absolute atomic E-state index is 12.1. The number of hydrogen-bond donors (Lipinski definition) is 2. The lowest BCUT2D eigenvalue weighted by Gasteiger charge is -2.15. The van der Waals surface area contributed by atoms with Crippen molar-refractivity contribution in [1.29, 1.82) is 0 Å². The number of nitrogens with two attached hydrogens (primary N) is 1. The Morgan fingerprint density at radius 3 is 2.90 bits per heavy atom. The van der Waals surface area contributed by atoms with Crippen molar-refractivity contribution < 1.29 is 4.79 Å². The summed E-state index contributed by atoms with van der Waals surface area (Å²) >= 11 is 6.06. The molecule has 0 spiro atoms. The quantitative estimate of drug-likeness (QED) is 0.909. The minimum Gasteiger partial charge on any atom is -0.323 e. The van der Waals surface area contributed by atoms with Gasteiger partial charge in [0.05, 0.1) is 17.2 Å². The zero-order chi connectivity index (χ0) is 14.7. The molecule has 0 aliphatic heterocycles. The van der Waals surface area contributed by atoms with Gasteiger partial charge in [0.25, 0.3) is 0 Å². The van der Waals surface area contributed by atoms with Crippen molar-refractivity contribution in [3.8, 4) is 0 Å². The number of pyridine rings is 1. The number of nitrogens with one attached hydrogen (secondary N) is 1. The maximum atomic E-state index is 12.1. The molecule has 3 N–H and O–H groups in total. The summed E-state index contributed by atoms with van der Waals surface area (Å²) in [7, 11) is 0. The van der Waals surface area contributed by atoms with E-state index in [1.807, 2.05) is 32.0 Å². The second-order valence-corrected chi connectivity index (χ2v) is 5.69. The molecule has 2 aromatic rings. The van der Waals surface area contributed by atoms with Gasteiger partial charge in [-0.25, -0.2) is 0 Å². The number of rotatable bonds is 4. The number of halogens is 1. The fourth-order valence-electron chi connectivity index (χ4n) is 2.09. The molecule has 5 heteroatoms. The van der Waals surface area contributed by atoms with Crippen LogP contribution in [-0.4, -0.2) is 16.9 Å². The van der Waals surface area contributed by atoms with Gasteiger partial charge < -0.3 is 11.1 Å². The predicted molar refractivity (Wildman–Crippen MR) is 82.8 cm³/mol. The Kier molecular flexibility index (Phi) is 4.57. The molecule has 0 saturated carbocycles. The van der Waals surface area contributed by atoms with Crippen molar-refractivity contribution >= 4 is 34.1 Å². The van der Waals surface area contributed by atoms with E-state index < -0.39 is 6.04 Å². The number of anilines is 1. The molecule has 1 aromatic carbocycles. The van der Waals surface area contributed by atoms with E-state index in [1.165, 1.54) is 0 Å². The lowest BCUT2D eigenvalue weighted by atomic mass is 10.0. The van der Waals surface area contributed by atoms with Crippen LogP contribution in [0.4, 0.5) is 5.69 Å². The Morgan fingerprint density at radius 1 is 1.45 bits per heavy atom. The number of benzene rings is 1. The molecule has 0 aliphatic carbocycles. The molecule has 1 amide bonds. The molecule has 1 atom stereocenters. The summed E-state index contributed by atoms with van der Waals surface area (Å²) in [6.45, 7) is 4.06. The average molecular weight is 292 g/mol. The Hall–Kier alpha value is -1.65. The zero-order valence-corrected chi connectivity index (χ0v) is 12.3. The summed E-state index contributed by atoms with van der Waals surface area (Å²) in [5, 5.41) is 4.26. The summed E-state index contributed by atoms with van der Waals surface area (Å²) < 4.78 is 0. The lowest BCUT2D eigenvalue weighted by molar-refractivity contribution is -0.117. The molecule has 20 heavy (non-hydrogen) atoms. The third-order valence-electron chi connectivity index (χ3n) is 2.99. The highest BCUT2D eigenvalue weighted by Gasteiger charge is 2.16. The first kappa shape index (κ1) is 14.8. The van der Waals surface area contributed by atoms with Gasteiger partial charge in [-0.15, -0.1) is 0 Å². The first-order valence-corrected chi connectivity index (χ1v) is 6.96. The van der Waals surface area contributed by atoms with Crippen LogP contribution in [0.1, 0.15) is 20.3 Å². The van der Waals surface area contributed by atoms with Crippen LogP contribution < -0.4 is 11.1 Å². The monoisotopic (exact) mass is 291 g/mol. The van der Waals surface area contributed by atoms with Crippen LogP contribution in [0.25, 0.3) is 10.9 Å². The summed E-state index contributed by atoms with van der Waals surface area (Å²) in [4.78, 5) is 16.4. The summed E-state index contributed by atoms with van der Waals surface area (Å²) in [5.41, 5.74) is 7.19. The molecule has 0 radical (unpaired) electrons. The Labute approximate surface area is 123 Å². The predicted octanol–water partition coefficient (Wildman–Crippen LogP) is 3.20. The summed E-state index contributed by atoms with van der Waals surface area (Å²) in [5.74, 6) is 0.151. The second kappa shape index (κ2) is 6.20. The minimum absolute atomic E-state index is 0.215. The van der Waals surface area contributed by atoms with Gasteiger partial charge in [0.2, 0.25) is 5.91 Å². The van der Waals surface area contributed by atoms with Gasteiger partial charge in [0.1, 0.15) is 0 Å². The van der Waals surface area contributed by atoms with Crippen LogP contribution in [0.5, 0.6) is 0 Å². The maximum Gasteiger partial charge on any atom is 0.241 e. The third kappa shape index (κ3) is 3.46. The molecule has 1 heterocycles. The van der Waals surface area contributed by atoms with Crippen molar-refractivity contribution in [3.63, 3.8) is 0 Å². The number of amides is 1. The standard InChI is InChI=1S/C15H18ClN3O/c1-9(2)6-12(17)15(20)19-13-8-11(16)7-10-4-3-5-18-14(10)13/h3-5,7-9,12H,6,17H2,1-2H3,(H,19,20)/t12-/m1/s1. The number of nitrogens with zero attached hydrogens (tertiary/aromatic N) is 1. The SMILES string of the molecule is CC(C)C[C@@H](N)C(=O)Nc1cc(Cl)cc2cccnc12. The number of carbonyl (C=O) groups excluding carboxylic acids is 1. The van der Waals surface area contributed by atoms with E-state index in [2.05, 4.69) is 10.3 Å². The van der Waals surface area contributed by atoms with Crippen LogP contribution in [-0.2, 0) is 4.79 Å². The molecule has 0 bridgehead atoms. The highest BCUT2D eigenvalue weighted by atomic mass is 35.5. The lowest BCUT2D eigenvalue weighted by Crippen LogP contribution is -2.36. The molecular formula is C15H18ClN3O. The van der Waals surface area contributed by atoms with Crippen molar-refractivity contribution in [3.05, 3.63) is 35.5 Å². The minimum atomic E-state index is -0.534. The van der Waals surface area contributed by atoms with E-state index in [1.54, 1.807) is 12.3 Å². The normalized spacial score (nSPS) is 12.7. The van der Waals surface area contributed by atoms with Crippen LogP contribution >= 0.6 is 11.6 Å². The molecule has 0 fully saturated rings. The molecule has 0 unspecified atom stereocenters. The van der Waals surface area contributed by atoms with Gasteiger partial charge in [-0.1, -0.05) is 31.5 Å². The van der Waals surface area contributed by atoms with Crippen molar-refractivity contribution in [1.82, 2.24) is 4.98 Å². The first-order valence-electron chi connectivity index (χ1n) is 6.58. The highest BCUT2D eigenvalue weighted by Crippen LogP contribution is 2.26. The van der Waals surface area contributed by atoms with Crippen LogP contribution in [0.3, 0.4) is 0 Å². The fraction of sp³-hybridized carbons (Fsp3) is 0.333. The second-order valence-electron chi connectivity index (χ2n) is 5.25. The smallest absolute Gasteiger partial charge is 0.241 e. The molecular weight excluding hydrogens is 274 g/mol. The zero-order valence-electron chi connectivity index (χ0n) is 11.6. The van der Waals surface area contributed by atoms with E-state index in [0.29, 0.717) is 28.6 Å². The molecule has 1 aromatic heterocycles. The topological polar surface area (TPSA) is 68.0 Å². The third-order valence-corrected chi connectivity index (χ3v) is 3.21. The molecule has 2 rings (SSSR count). The summed E-state index contributed by atoms with van der Waals surface area (Å²) in [6, 6.07) is 6.70. The highest BCUT2D eigenvalue weighted by molar-refractivity contribution is 6.32. The van der Waals surface area contributed by atoms with Gasteiger partial charge in [-0.3, -0.25) is 9.78 Å². The van der Waals surface area contributed by atoms with Gasteiger partial charge in [-0.2, -0.15) is 0 Å². The van der Waals surface area contributed by atoms with Crippen molar-refractivity contribution in [2.24, 2.45) is 11.7 Å². The molecule has 0 aliphatic rings. The number of carbonyl (C=O) groups is 1. The van der Waals surface area contributed by atoms with E-state index in [0.717, 1.165) is 5.39 Å². The van der Waals surface area contributed by atoms with Crippen molar-refractivity contribution in [2.75, 3.05) is 5.32 Å². The van der Waals surface area contributed by atoms with E-state index in [4.69, 9.17) is 17.3 Å². The van der Waals surface area contributed by atoms with Crippen molar-refractivity contribution in [2.45, 2.75) is 26.3 Å². The van der Waals surface area contributed by atoms with Gasteiger partial charge >= 0.3 is 0 Å². The Bertz CT molecular complexity index is 628. The van der Waals surface area contributed by atoms with Gasteiger partial charge in [0.15, 0.2) is 0 Å². The van der Waals surface area contributed by atoms with E-state index in [9.17, 15) is 4.79 Å². The van der Waals surface area contributed by atoms with Crippen LogP contribution in [0.15, 0.2) is 30.5 Å². The Balaban J connectivity index is 2.27. The first-order chi connectivity index (χ1) is 9.47. The number of hydrogen-bond acceptors (Lipinski definition) is 3. The largest absolute Gasteiger partial charge is 0.323 e. The van der Waals surface area contributed by atoms with Crippen LogP contribution in [0, 0.1) is 5.92 Å². The van der Waals surface area contributed by atoms with Crippen LogP contribution in [0.2, 0.25) is 5.02 Å². The number of aromatic nitrogens is 1. The van der Waals surface area contributed by atoms with E-state index >= 15 is 0 Å². The van der Waals surface area contributed by atoms with E-state index in [-0.39, 0.29) is 5.91 Å². The molecule has 4 nitrogen and oxygen atoms in total. The average Bonchev–Trinajstić information content (AvgIpc) is 2.37. The number of fused-ring (bicyclic) bond motifs is 1. The van der Waals surface area contributed by atoms with Gasteiger partial charge in [0, 0.05) is 16.6 Å². The Morgan fingerprint density at radius 2 is 2.20 bits per heavy atom. The fourth-order valence-corrected chi connectivity index (χ4v) is 2.32. The summed E-state index contributed by atoms with van der Waals surface area (Å²) in [6.07, 6.45) is 2.32. The molecule has 106 valence electrons. The van der Waals surface area contributed by atoms with Gasteiger partial charge in [-0.05, 0) is 30.5 Å².